The molecule has 1 aliphatic heterocycles. The number of fused-ring (bicyclic) bond motifs is 1. The maximum absolute atomic E-state index is 14.0. The standard InChI is InChI=1S/C26H32N8O3/c1-4-5-13-33-22-21(31(3)26(37)34(25(22)36)15-19-28-11-10-16(2)29-19)20(23(35)30-18-8-9-18)24(33)32-12-6-7-17(27)14-32/h10-11,17-18H,6-9,12-15,27H2,1-3H3,(H,30,35)/t17-/m1/s1. The summed E-state index contributed by atoms with van der Waals surface area (Å²) < 4.78 is 4.29. The zero-order valence-electron chi connectivity index (χ0n) is 21.5. The van der Waals surface area contributed by atoms with Gasteiger partial charge in [-0.1, -0.05) is 5.92 Å². The number of carbonyl (C=O) groups excluding carboxylic acids is 1. The molecule has 2 fully saturated rings. The minimum Gasteiger partial charge on any atom is -0.356 e. The SMILES string of the molecule is CC#CCn1c(N2CCC[C@@H](N)C2)c(C(=O)NC2CC2)c2c1c(=O)n(Cc1nccc(C)n1)c(=O)n2C. The van der Waals surface area contributed by atoms with E-state index in [2.05, 4.69) is 32.0 Å². The molecule has 1 atom stereocenters. The van der Waals surface area contributed by atoms with Crippen molar-refractivity contribution in [2.45, 2.75) is 64.7 Å². The van der Waals surface area contributed by atoms with Crippen LogP contribution in [0.1, 0.15) is 54.5 Å². The molecule has 1 saturated heterocycles. The summed E-state index contributed by atoms with van der Waals surface area (Å²) in [6, 6.07) is 1.80. The van der Waals surface area contributed by atoms with Gasteiger partial charge in [0.05, 0.1) is 18.6 Å². The molecule has 3 aromatic rings. The number of nitrogens with two attached hydrogens (primary N) is 1. The fourth-order valence-corrected chi connectivity index (χ4v) is 5.02. The molecule has 37 heavy (non-hydrogen) atoms. The Kier molecular flexibility index (Phi) is 6.60. The molecule has 0 unspecified atom stereocenters. The van der Waals surface area contributed by atoms with Crippen molar-refractivity contribution in [2.75, 3.05) is 18.0 Å². The number of hydrogen-bond acceptors (Lipinski definition) is 7. The van der Waals surface area contributed by atoms with Crippen molar-refractivity contribution in [3.05, 3.63) is 50.2 Å². The Morgan fingerprint density at radius 3 is 2.68 bits per heavy atom. The van der Waals surface area contributed by atoms with Crippen LogP contribution in [0.5, 0.6) is 0 Å². The fraction of sp³-hybridized carbons (Fsp3) is 0.500. The highest BCUT2D eigenvalue weighted by Crippen LogP contribution is 2.33. The van der Waals surface area contributed by atoms with Crippen molar-refractivity contribution < 1.29 is 4.79 Å². The maximum Gasteiger partial charge on any atom is 0.331 e. The summed E-state index contributed by atoms with van der Waals surface area (Å²) in [6.07, 6.45) is 5.18. The summed E-state index contributed by atoms with van der Waals surface area (Å²) in [5, 5.41) is 3.06. The number of piperidine rings is 1. The first-order chi connectivity index (χ1) is 17.8. The van der Waals surface area contributed by atoms with E-state index in [1.807, 2.05) is 6.92 Å². The molecule has 3 aromatic heterocycles. The van der Waals surface area contributed by atoms with E-state index in [9.17, 15) is 14.4 Å². The average molecular weight is 505 g/mol. The molecule has 4 heterocycles. The predicted molar refractivity (Wildman–Crippen MR) is 141 cm³/mol. The van der Waals surface area contributed by atoms with Crippen molar-refractivity contribution >= 4 is 22.8 Å². The van der Waals surface area contributed by atoms with Crippen LogP contribution in [0.15, 0.2) is 21.9 Å². The number of aromatic nitrogens is 5. The van der Waals surface area contributed by atoms with Crippen LogP contribution < -0.4 is 27.2 Å². The normalized spacial score (nSPS) is 17.5. The van der Waals surface area contributed by atoms with Crippen LogP contribution in [0.3, 0.4) is 0 Å². The lowest BCUT2D eigenvalue weighted by Crippen LogP contribution is -2.44. The smallest absolute Gasteiger partial charge is 0.331 e. The lowest BCUT2D eigenvalue weighted by atomic mass is 10.1. The number of hydrogen-bond donors (Lipinski definition) is 2. The molecule has 0 aromatic carbocycles. The number of carbonyl (C=O) groups is 1. The first-order valence-electron chi connectivity index (χ1n) is 12.7. The van der Waals surface area contributed by atoms with Crippen LogP contribution in [-0.2, 0) is 20.1 Å². The topological polar surface area (TPSA) is 133 Å². The van der Waals surface area contributed by atoms with E-state index in [4.69, 9.17) is 5.73 Å². The number of aryl methyl sites for hydroxylation is 2. The molecule has 0 spiro atoms. The van der Waals surface area contributed by atoms with E-state index in [0.717, 1.165) is 35.9 Å². The number of anilines is 1. The molecule has 1 aliphatic carbocycles. The summed E-state index contributed by atoms with van der Waals surface area (Å²) in [5.41, 5.74) is 6.90. The largest absolute Gasteiger partial charge is 0.356 e. The van der Waals surface area contributed by atoms with Gasteiger partial charge in [-0.2, -0.15) is 0 Å². The molecule has 5 rings (SSSR count). The molecule has 0 radical (unpaired) electrons. The van der Waals surface area contributed by atoms with Gasteiger partial charge in [-0.25, -0.2) is 14.8 Å². The molecule has 1 saturated carbocycles. The molecule has 194 valence electrons. The zero-order valence-corrected chi connectivity index (χ0v) is 21.5. The van der Waals surface area contributed by atoms with Gasteiger partial charge in [-0.05, 0) is 45.6 Å². The fourth-order valence-electron chi connectivity index (χ4n) is 5.02. The van der Waals surface area contributed by atoms with Crippen molar-refractivity contribution in [3.63, 3.8) is 0 Å². The van der Waals surface area contributed by atoms with Crippen LogP contribution in [0.4, 0.5) is 5.82 Å². The van der Waals surface area contributed by atoms with Crippen molar-refractivity contribution in [1.29, 1.82) is 0 Å². The van der Waals surface area contributed by atoms with Crippen LogP contribution in [-0.4, -0.2) is 54.7 Å². The first-order valence-corrected chi connectivity index (χ1v) is 12.7. The van der Waals surface area contributed by atoms with Gasteiger partial charge < -0.3 is 20.5 Å². The summed E-state index contributed by atoms with van der Waals surface area (Å²) in [4.78, 5) is 51.9. The van der Waals surface area contributed by atoms with Gasteiger partial charge in [0.1, 0.15) is 22.7 Å². The molecule has 3 N–H and O–H groups in total. The lowest BCUT2D eigenvalue weighted by Gasteiger charge is -2.33. The summed E-state index contributed by atoms with van der Waals surface area (Å²) in [5.74, 6) is 6.60. The summed E-state index contributed by atoms with van der Waals surface area (Å²) in [6.45, 7) is 4.89. The van der Waals surface area contributed by atoms with Crippen LogP contribution in [0.2, 0.25) is 0 Å². The third-order valence-electron chi connectivity index (χ3n) is 6.97. The van der Waals surface area contributed by atoms with E-state index < -0.39 is 11.2 Å². The molecule has 11 heteroatoms. The maximum atomic E-state index is 14.0. The molecule has 1 amide bonds. The Morgan fingerprint density at radius 1 is 1.22 bits per heavy atom. The van der Waals surface area contributed by atoms with Crippen LogP contribution in [0.25, 0.3) is 11.0 Å². The number of rotatable bonds is 6. The first kappa shape index (κ1) is 24.8. The molecular formula is C26H32N8O3. The summed E-state index contributed by atoms with van der Waals surface area (Å²) >= 11 is 0. The van der Waals surface area contributed by atoms with Gasteiger partial charge in [-0.3, -0.25) is 18.7 Å². The highest BCUT2D eigenvalue weighted by molar-refractivity contribution is 6.11. The van der Waals surface area contributed by atoms with E-state index in [1.165, 1.54) is 4.57 Å². The Balaban J connectivity index is 1.81. The lowest BCUT2D eigenvalue weighted by molar-refractivity contribution is 0.0952. The zero-order chi connectivity index (χ0) is 26.3. The van der Waals surface area contributed by atoms with E-state index >= 15 is 0 Å². The summed E-state index contributed by atoms with van der Waals surface area (Å²) in [7, 11) is 1.59. The van der Waals surface area contributed by atoms with Crippen LogP contribution in [0, 0.1) is 18.8 Å². The van der Waals surface area contributed by atoms with Gasteiger partial charge in [0.15, 0.2) is 0 Å². The third kappa shape index (κ3) is 4.64. The molecule has 2 aliphatic rings. The van der Waals surface area contributed by atoms with Crippen molar-refractivity contribution in [2.24, 2.45) is 12.8 Å². The number of nitrogens with zero attached hydrogens (tertiary/aromatic N) is 6. The Bertz CT molecular complexity index is 1550. The Morgan fingerprint density at radius 2 is 2.00 bits per heavy atom. The van der Waals surface area contributed by atoms with Gasteiger partial charge in [0.25, 0.3) is 11.5 Å². The monoisotopic (exact) mass is 504 g/mol. The minimum absolute atomic E-state index is 0.0595. The highest BCUT2D eigenvalue weighted by atomic mass is 16.2. The van der Waals surface area contributed by atoms with Crippen molar-refractivity contribution in [3.8, 4) is 11.8 Å². The second-order valence-corrected chi connectivity index (χ2v) is 9.85. The van der Waals surface area contributed by atoms with Gasteiger partial charge in [0.2, 0.25) is 0 Å². The third-order valence-corrected chi connectivity index (χ3v) is 6.97. The molecule has 0 bridgehead atoms. The van der Waals surface area contributed by atoms with Crippen LogP contribution >= 0.6 is 0 Å². The Hall–Kier alpha value is -3.91. The second kappa shape index (κ2) is 9.86. The second-order valence-electron chi connectivity index (χ2n) is 9.85. The average Bonchev–Trinajstić information content (AvgIpc) is 3.61. The highest BCUT2D eigenvalue weighted by Gasteiger charge is 2.34. The minimum atomic E-state index is -0.538. The van der Waals surface area contributed by atoms with Gasteiger partial charge in [-0.15, -0.1) is 5.92 Å². The molecular weight excluding hydrogens is 472 g/mol. The van der Waals surface area contributed by atoms with Gasteiger partial charge >= 0.3 is 5.69 Å². The predicted octanol–water partition coefficient (Wildman–Crippen LogP) is 0.491. The molecule has 11 nitrogen and oxygen atoms in total. The van der Waals surface area contributed by atoms with E-state index in [-0.39, 0.29) is 36.6 Å². The quantitative estimate of drug-likeness (QED) is 0.467. The Labute approximate surface area is 214 Å². The van der Waals surface area contributed by atoms with Crippen molar-refractivity contribution in [1.82, 2.24) is 29.0 Å². The van der Waals surface area contributed by atoms with E-state index in [0.29, 0.717) is 35.8 Å². The number of nitrogens with one attached hydrogen (secondary N) is 1. The van der Waals surface area contributed by atoms with Gasteiger partial charge in [0, 0.05) is 44.1 Å². The van der Waals surface area contributed by atoms with E-state index in [1.54, 1.807) is 30.8 Å². The number of amides is 1.